The van der Waals surface area contributed by atoms with Gasteiger partial charge in [-0.05, 0) is 57.1 Å². The fourth-order valence-corrected chi connectivity index (χ4v) is 3.88. The van der Waals surface area contributed by atoms with Gasteiger partial charge in [-0.1, -0.05) is 43.5 Å². The standard InChI is InChI=1S/C20H24ClO3P.Li/c1-4-5-6-12-24-15-10-11-18(14(2)13-15)25-20(22)19-16(21)8-7-9-17(19)23-3;/h7-11,13,25H,4-6,12H2,1-3H3;. The summed E-state index contributed by atoms with van der Waals surface area (Å²) in [5.74, 6) is 1.36. The SMILES string of the molecule is CCCCCOc1ccc(PC(=O)c2c(Cl)cccc2OC)c(C)c1.[Li]. The Balaban J connectivity index is 0.00000338. The summed E-state index contributed by atoms with van der Waals surface area (Å²) >= 11 is 6.20. The van der Waals surface area contributed by atoms with Gasteiger partial charge in [0.1, 0.15) is 11.5 Å². The Morgan fingerprint density at radius 3 is 2.62 bits per heavy atom. The van der Waals surface area contributed by atoms with Gasteiger partial charge in [0.25, 0.3) is 0 Å². The zero-order valence-electron chi connectivity index (χ0n) is 15.9. The van der Waals surface area contributed by atoms with E-state index in [0.29, 0.717) is 16.3 Å². The van der Waals surface area contributed by atoms with Gasteiger partial charge in [-0.3, -0.25) is 4.79 Å². The minimum absolute atomic E-state index is 0. The second-order valence-electron chi connectivity index (χ2n) is 5.80. The predicted molar refractivity (Wildman–Crippen MR) is 112 cm³/mol. The third kappa shape index (κ3) is 6.33. The molecule has 0 heterocycles. The van der Waals surface area contributed by atoms with Crippen LogP contribution in [0, 0.1) is 6.92 Å². The zero-order chi connectivity index (χ0) is 18.2. The molecule has 6 heteroatoms. The molecule has 0 saturated carbocycles. The Kier molecular flexibility index (Phi) is 10.4. The summed E-state index contributed by atoms with van der Waals surface area (Å²) in [5, 5.41) is 1.42. The summed E-state index contributed by atoms with van der Waals surface area (Å²) in [6.07, 6.45) is 3.41. The van der Waals surface area contributed by atoms with Crippen LogP contribution in [0.15, 0.2) is 36.4 Å². The number of carbonyl (C=O) groups excluding carboxylic acids is 1. The van der Waals surface area contributed by atoms with E-state index in [1.807, 2.05) is 25.1 Å². The summed E-state index contributed by atoms with van der Waals surface area (Å²) in [5.41, 5.74) is 1.47. The Hall–Kier alpha value is -0.973. The average Bonchev–Trinajstić information content (AvgIpc) is 2.60. The van der Waals surface area contributed by atoms with E-state index in [4.69, 9.17) is 21.1 Å². The van der Waals surface area contributed by atoms with Crippen LogP contribution in [0.4, 0.5) is 0 Å². The molecule has 0 saturated heterocycles. The maximum Gasteiger partial charge on any atom is 0.190 e. The third-order valence-corrected chi connectivity index (χ3v) is 5.51. The Bertz CT molecular complexity index is 737. The average molecular weight is 386 g/mol. The molecule has 1 unspecified atom stereocenters. The van der Waals surface area contributed by atoms with E-state index in [2.05, 4.69) is 6.92 Å². The third-order valence-electron chi connectivity index (χ3n) is 3.89. The fourth-order valence-electron chi connectivity index (χ4n) is 2.49. The molecule has 0 spiro atoms. The second-order valence-corrected chi connectivity index (χ2v) is 7.45. The van der Waals surface area contributed by atoms with Crippen LogP contribution in [0.1, 0.15) is 42.1 Å². The molecule has 0 fully saturated rings. The first-order valence-electron chi connectivity index (χ1n) is 8.44. The van der Waals surface area contributed by atoms with Crippen LogP contribution in [-0.4, -0.2) is 38.1 Å². The molecule has 0 N–H and O–H groups in total. The maximum absolute atomic E-state index is 12.7. The largest absolute Gasteiger partial charge is 0.496 e. The smallest absolute Gasteiger partial charge is 0.190 e. The first-order chi connectivity index (χ1) is 12.1. The van der Waals surface area contributed by atoms with Crippen LogP contribution < -0.4 is 14.8 Å². The van der Waals surface area contributed by atoms with Crippen molar-refractivity contribution in [2.24, 2.45) is 0 Å². The quantitative estimate of drug-likeness (QED) is 0.346. The normalized spacial score (nSPS) is 10.6. The van der Waals surface area contributed by atoms with Crippen molar-refractivity contribution in [2.45, 2.75) is 33.1 Å². The van der Waals surface area contributed by atoms with Crippen LogP contribution >= 0.6 is 20.2 Å². The van der Waals surface area contributed by atoms with E-state index in [1.54, 1.807) is 25.3 Å². The first kappa shape index (κ1) is 23.1. The zero-order valence-corrected chi connectivity index (χ0v) is 17.7. The van der Waals surface area contributed by atoms with E-state index in [1.165, 1.54) is 12.8 Å². The van der Waals surface area contributed by atoms with Crippen LogP contribution in [0.5, 0.6) is 11.5 Å². The van der Waals surface area contributed by atoms with Gasteiger partial charge < -0.3 is 9.47 Å². The number of benzene rings is 2. The number of halogens is 1. The van der Waals surface area contributed by atoms with Gasteiger partial charge >= 0.3 is 0 Å². The van der Waals surface area contributed by atoms with Crippen molar-refractivity contribution in [2.75, 3.05) is 13.7 Å². The van der Waals surface area contributed by atoms with E-state index < -0.39 is 0 Å². The van der Waals surface area contributed by atoms with E-state index in [9.17, 15) is 4.79 Å². The Labute approximate surface area is 174 Å². The molecule has 0 aromatic heterocycles. The molecule has 0 aliphatic heterocycles. The topological polar surface area (TPSA) is 35.5 Å². The number of hydrogen-bond acceptors (Lipinski definition) is 3. The molecule has 0 aliphatic rings. The van der Waals surface area contributed by atoms with Gasteiger partial charge in [0.05, 0.1) is 24.3 Å². The molecule has 2 rings (SSSR count). The summed E-state index contributed by atoms with van der Waals surface area (Å²) in [6.45, 7) is 4.90. The van der Waals surface area contributed by atoms with Crippen molar-refractivity contribution in [1.82, 2.24) is 0 Å². The van der Waals surface area contributed by atoms with Crippen molar-refractivity contribution in [1.29, 1.82) is 0 Å². The molecule has 0 bridgehead atoms. The van der Waals surface area contributed by atoms with Crippen LogP contribution in [-0.2, 0) is 0 Å². The van der Waals surface area contributed by atoms with Crippen molar-refractivity contribution < 1.29 is 14.3 Å². The molecule has 135 valence electrons. The Morgan fingerprint density at radius 2 is 1.96 bits per heavy atom. The number of hydrogen-bond donors (Lipinski definition) is 0. The molecule has 2 aromatic rings. The van der Waals surface area contributed by atoms with Crippen molar-refractivity contribution >= 4 is 49.9 Å². The number of unbranched alkanes of at least 4 members (excludes halogenated alkanes) is 2. The van der Waals surface area contributed by atoms with Gasteiger partial charge in [0.15, 0.2) is 5.52 Å². The summed E-state index contributed by atoms with van der Waals surface area (Å²) in [4.78, 5) is 12.7. The number of rotatable bonds is 9. The summed E-state index contributed by atoms with van der Waals surface area (Å²) in [7, 11) is 1.53. The van der Waals surface area contributed by atoms with Crippen molar-refractivity contribution in [3.05, 3.63) is 52.5 Å². The minimum Gasteiger partial charge on any atom is -0.496 e. The van der Waals surface area contributed by atoms with Gasteiger partial charge in [0.2, 0.25) is 0 Å². The monoisotopic (exact) mass is 385 g/mol. The summed E-state index contributed by atoms with van der Waals surface area (Å²) in [6, 6.07) is 11.1. The Morgan fingerprint density at radius 1 is 1.19 bits per heavy atom. The van der Waals surface area contributed by atoms with Crippen LogP contribution in [0.3, 0.4) is 0 Å². The van der Waals surface area contributed by atoms with Gasteiger partial charge in [0, 0.05) is 18.9 Å². The number of methoxy groups -OCH3 is 1. The molecule has 0 aliphatic carbocycles. The van der Waals surface area contributed by atoms with E-state index >= 15 is 0 Å². The molecule has 1 radical (unpaired) electrons. The van der Waals surface area contributed by atoms with Gasteiger partial charge in [-0.25, -0.2) is 0 Å². The molecule has 3 nitrogen and oxygen atoms in total. The van der Waals surface area contributed by atoms with E-state index in [-0.39, 0.29) is 33.0 Å². The van der Waals surface area contributed by atoms with Crippen LogP contribution in [0.25, 0.3) is 0 Å². The van der Waals surface area contributed by atoms with E-state index in [0.717, 1.165) is 29.6 Å². The molecule has 0 amide bonds. The van der Waals surface area contributed by atoms with Crippen molar-refractivity contribution in [3.8, 4) is 11.5 Å². The molecule has 26 heavy (non-hydrogen) atoms. The first-order valence-corrected chi connectivity index (χ1v) is 9.82. The van der Waals surface area contributed by atoms with Gasteiger partial charge in [-0.15, -0.1) is 0 Å². The molecular formula is C20H24ClLiO3P. The molecule has 2 aromatic carbocycles. The second kappa shape index (κ2) is 11.7. The fraction of sp³-hybridized carbons (Fsp3) is 0.350. The van der Waals surface area contributed by atoms with Crippen molar-refractivity contribution in [3.63, 3.8) is 0 Å². The minimum atomic E-state index is -0.0258. The number of ether oxygens (including phenoxy) is 2. The van der Waals surface area contributed by atoms with Gasteiger partial charge in [-0.2, -0.15) is 0 Å². The number of carbonyl (C=O) groups is 1. The molecular weight excluding hydrogens is 362 g/mol. The predicted octanol–water partition coefficient (Wildman–Crippen LogP) is 4.99. The summed E-state index contributed by atoms with van der Waals surface area (Å²) < 4.78 is 11.0. The maximum atomic E-state index is 12.7. The number of aryl methyl sites for hydroxylation is 1. The van der Waals surface area contributed by atoms with Crippen LogP contribution in [0.2, 0.25) is 5.02 Å². The molecule has 1 atom stereocenters.